The molecular formula is C17H24FNO3S. The molecule has 1 unspecified atom stereocenters. The maximum Gasteiger partial charge on any atom is 0.410 e. The Morgan fingerprint density at radius 3 is 2.61 bits per heavy atom. The van der Waals surface area contributed by atoms with Gasteiger partial charge in [0.15, 0.2) is 0 Å². The molecule has 4 nitrogen and oxygen atoms in total. The molecule has 0 aliphatic carbocycles. The van der Waals surface area contributed by atoms with Gasteiger partial charge in [0.1, 0.15) is 11.4 Å². The van der Waals surface area contributed by atoms with Gasteiger partial charge in [0.2, 0.25) is 0 Å². The predicted octanol–water partition coefficient (Wildman–Crippen LogP) is 3.33. The largest absolute Gasteiger partial charge is 0.444 e. The fraction of sp³-hybridized carbons (Fsp3) is 0.588. The Hall–Kier alpha value is -1.43. The van der Waals surface area contributed by atoms with E-state index in [0.717, 1.165) is 12.0 Å². The van der Waals surface area contributed by atoms with Crippen molar-refractivity contribution in [3.63, 3.8) is 0 Å². The minimum absolute atomic E-state index is 0.226. The summed E-state index contributed by atoms with van der Waals surface area (Å²) in [5.74, 6) is 0.909. The van der Waals surface area contributed by atoms with Crippen LogP contribution in [0.4, 0.5) is 9.18 Å². The zero-order valence-corrected chi connectivity index (χ0v) is 14.7. The third kappa shape index (κ3) is 5.94. The summed E-state index contributed by atoms with van der Waals surface area (Å²) in [6.45, 7) is 6.76. The van der Waals surface area contributed by atoms with Crippen LogP contribution in [0.1, 0.15) is 32.8 Å². The number of rotatable bonds is 4. The lowest BCUT2D eigenvalue weighted by Gasteiger charge is -2.24. The van der Waals surface area contributed by atoms with Crippen molar-refractivity contribution in [2.24, 2.45) is 5.92 Å². The van der Waals surface area contributed by atoms with Crippen molar-refractivity contribution in [2.75, 3.05) is 18.8 Å². The summed E-state index contributed by atoms with van der Waals surface area (Å²) in [5, 5.41) is 0. The van der Waals surface area contributed by atoms with Crippen molar-refractivity contribution in [3.05, 3.63) is 35.6 Å². The van der Waals surface area contributed by atoms with Gasteiger partial charge in [0.25, 0.3) is 0 Å². The Labute approximate surface area is 139 Å². The minimum Gasteiger partial charge on any atom is -0.444 e. The normalized spacial score (nSPS) is 19.7. The van der Waals surface area contributed by atoms with Gasteiger partial charge in [-0.25, -0.2) is 9.18 Å². The third-order valence-corrected chi connectivity index (χ3v) is 5.10. The van der Waals surface area contributed by atoms with Crippen LogP contribution in [0.3, 0.4) is 0 Å². The summed E-state index contributed by atoms with van der Waals surface area (Å²) in [4.78, 5) is 13.7. The van der Waals surface area contributed by atoms with Gasteiger partial charge in [-0.3, -0.25) is 4.21 Å². The lowest BCUT2D eigenvalue weighted by Crippen LogP contribution is -2.35. The smallest absolute Gasteiger partial charge is 0.410 e. The Morgan fingerprint density at radius 1 is 1.35 bits per heavy atom. The van der Waals surface area contributed by atoms with Gasteiger partial charge in [-0.05, 0) is 50.8 Å². The number of halogens is 1. The first kappa shape index (κ1) is 17.9. The lowest BCUT2D eigenvalue weighted by atomic mass is 10.2. The van der Waals surface area contributed by atoms with Gasteiger partial charge in [0.05, 0.1) is 0 Å². The Morgan fingerprint density at radius 2 is 2.00 bits per heavy atom. The molecule has 0 saturated carbocycles. The number of benzene rings is 1. The van der Waals surface area contributed by atoms with E-state index in [0.29, 0.717) is 24.6 Å². The van der Waals surface area contributed by atoms with E-state index >= 15 is 0 Å². The molecule has 6 heteroatoms. The first-order valence-corrected chi connectivity index (χ1v) is 9.29. The molecule has 1 aliphatic heterocycles. The average molecular weight is 341 g/mol. The van der Waals surface area contributed by atoms with E-state index in [-0.39, 0.29) is 17.8 Å². The van der Waals surface area contributed by atoms with E-state index in [1.807, 2.05) is 20.8 Å². The van der Waals surface area contributed by atoms with Crippen molar-refractivity contribution in [1.82, 2.24) is 4.90 Å². The zero-order chi connectivity index (χ0) is 17.0. The van der Waals surface area contributed by atoms with Crippen LogP contribution in [-0.2, 0) is 21.3 Å². The average Bonchev–Trinajstić information content (AvgIpc) is 2.88. The molecule has 0 spiro atoms. The number of hydrogen-bond donors (Lipinski definition) is 0. The van der Waals surface area contributed by atoms with E-state index in [9.17, 15) is 13.4 Å². The molecule has 1 amide bonds. The molecular weight excluding hydrogens is 317 g/mol. The van der Waals surface area contributed by atoms with Crippen LogP contribution < -0.4 is 0 Å². The van der Waals surface area contributed by atoms with Crippen LogP contribution in [0.25, 0.3) is 0 Å². The topological polar surface area (TPSA) is 46.6 Å². The standard InChI is InChI=1S/C17H24FNO3S/c1-17(2,3)22-16(20)19-9-8-14(10-19)12-23(21)11-13-4-6-15(18)7-5-13/h4-7,14H,8-12H2,1-3H3/t14-,23?/m1/s1. The number of carbonyl (C=O) groups excluding carboxylic acids is 1. The second-order valence-electron chi connectivity index (χ2n) is 6.96. The minimum atomic E-state index is -1.02. The molecule has 2 rings (SSSR count). The molecule has 0 aromatic heterocycles. The molecule has 0 bridgehead atoms. The van der Waals surface area contributed by atoms with Gasteiger partial charge < -0.3 is 9.64 Å². The molecule has 128 valence electrons. The summed E-state index contributed by atoms with van der Waals surface area (Å²) in [6, 6.07) is 6.09. The predicted molar refractivity (Wildman–Crippen MR) is 89.0 cm³/mol. The molecule has 1 aromatic rings. The quantitative estimate of drug-likeness (QED) is 0.844. The molecule has 23 heavy (non-hydrogen) atoms. The summed E-state index contributed by atoms with van der Waals surface area (Å²) in [7, 11) is -1.02. The number of amides is 1. The van der Waals surface area contributed by atoms with Crippen molar-refractivity contribution in [1.29, 1.82) is 0 Å². The van der Waals surface area contributed by atoms with Gasteiger partial charge in [-0.1, -0.05) is 12.1 Å². The van der Waals surface area contributed by atoms with Crippen LogP contribution >= 0.6 is 0 Å². The third-order valence-electron chi connectivity index (χ3n) is 3.60. The second kappa shape index (κ2) is 7.43. The Balaban J connectivity index is 1.79. The summed E-state index contributed by atoms with van der Waals surface area (Å²) >= 11 is 0. The number of ether oxygens (including phenoxy) is 1. The molecule has 1 fully saturated rings. The van der Waals surface area contributed by atoms with Crippen LogP contribution in [-0.4, -0.2) is 39.6 Å². The Bertz CT molecular complexity index is 568. The highest BCUT2D eigenvalue weighted by atomic mass is 32.2. The van der Waals surface area contributed by atoms with E-state index in [1.165, 1.54) is 12.1 Å². The molecule has 0 radical (unpaired) electrons. The SMILES string of the molecule is CC(C)(C)OC(=O)N1CC[C@@H](CS(=O)Cc2ccc(F)cc2)C1. The summed E-state index contributed by atoms with van der Waals surface area (Å²) in [6.07, 6.45) is 0.540. The van der Waals surface area contributed by atoms with Crippen molar-refractivity contribution in [3.8, 4) is 0 Å². The highest BCUT2D eigenvalue weighted by Gasteiger charge is 2.30. The van der Waals surface area contributed by atoms with Crippen molar-refractivity contribution < 1.29 is 18.1 Å². The van der Waals surface area contributed by atoms with E-state index in [1.54, 1.807) is 17.0 Å². The fourth-order valence-corrected chi connectivity index (χ4v) is 4.03. The highest BCUT2D eigenvalue weighted by Crippen LogP contribution is 2.21. The summed E-state index contributed by atoms with van der Waals surface area (Å²) in [5.41, 5.74) is 0.368. The van der Waals surface area contributed by atoms with Crippen LogP contribution in [0.2, 0.25) is 0 Å². The van der Waals surface area contributed by atoms with Crippen LogP contribution in [0.5, 0.6) is 0 Å². The summed E-state index contributed by atoms with van der Waals surface area (Å²) < 4.78 is 30.5. The Kier molecular flexibility index (Phi) is 5.79. The number of carbonyl (C=O) groups is 1. The second-order valence-corrected chi connectivity index (χ2v) is 8.46. The van der Waals surface area contributed by atoms with E-state index in [2.05, 4.69) is 0 Å². The first-order chi connectivity index (χ1) is 10.7. The lowest BCUT2D eigenvalue weighted by molar-refractivity contribution is 0.0289. The fourth-order valence-electron chi connectivity index (χ4n) is 2.55. The van der Waals surface area contributed by atoms with Crippen molar-refractivity contribution in [2.45, 2.75) is 38.5 Å². The monoisotopic (exact) mass is 341 g/mol. The zero-order valence-electron chi connectivity index (χ0n) is 13.9. The van der Waals surface area contributed by atoms with Crippen LogP contribution in [0.15, 0.2) is 24.3 Å². The number of hydrogen-bond acceptors (Lipinski definition) is 3. The van der Waals surface area contributed by atoms with Gasteiger partial charge in [-0.2, -0.15) is 0 Å². The van der Waals surface area contributed by atoms with Gasteiger partial charge in [-0.15, -0.1) is 0 Å². The molecule has 1 heterocycles. The first-order valence-electron chi connectivity index (χ1n) is 7.80. The molecule has 1 saturated heterocycles. The van der Waals surface area contributed by atoms with Crippen LogP contribution in [0, 0.1) is 11.7 Å². The molecule has 0 N–H and O–H groups in total. The molecule has 1 aromatic carbocycles. The van der Waals surface area contributed by atoms with Gasteiger partial charge >= 0.3 is 6.09 Å². The molecule has 1 aliphatic rings. The van der Waals surface area contributed by atoms with Gasteiger partial charge in [0, 0.05) is 35.4 Å². The van der Waals surface area contributed by atoms with E-state index in [4.69, 9.17) is 4.74 Å². The number of likely N-dealkylation sites (tertiary alicyclic amines) is 1. The molecule has 2 atom stereocenters. The number of nitrogens with zero attached hydrogens (tertiary/aromatic N) is 1. The maximum absolute atomic E-state index is 12.9. The highest BCUT2D eigenvalue weighted by molar-refractivity contribution is 7.84. The maximum atomic E-state index is 12.9. The van der Waals surface area contributed by atoms with E-state index < -0.39 is 16.4 Å². The van der Waals surface area contributed by atoms with Crippen molar-refractivity contribution >= 4 is 16.9 Å².